The minimum atomic E-state index is -2.74. The van der Waals surface area contributed by atoms with E-state index < -0.39 is 11.1 Å². The molecule has 9 nitrogen and oxygen atoms in total. The van der Waals surface area contributed by atoms with E-state index in [4.69, 9.17) is 44.9 Å². The Balaban J connectivity index is 0.000000760. The number of nitrogens with one attached hydrogen (secondary N) is 1. The van der Waals surface area contributed by atoms with Gasteiger partial charge in [-0.3, -0.25) is 9.88 Å². The van der Waals surface area contributed by atoms with Crippen molar-refractivity contribution in [3.05, 3.63) is 70.5 Å². The number of benzene rings is 1. The van der Waals surface area contributed by atoms with E-state index in [1.165, 1.54) is 31.5 Å². The van der Waals surface area contributed by atoms with Crippen LogP contribution in [0, 0.1) is 17.2 Å². The molecule has 234 valence electrons. The fraction of sp³-hybridized carbons (Fsp3) is 0.485. The molecule has 1 spiro atoms. The number of nitrogens with zero attached hydrogens (tertiary/aromatic N) is 5. The van der Waals surface area contributed by atoms with Crippen LogP contribution in [0.5, 0.6) is 5.75 Å². The number of hydrogen-bond donors (Lipinski definition) is 3. The molecule has 3 aliphatic heterocycles. The summed E-state index contributed by atoms with van der Waals surface area (Å²) in [5.41, 5.74) is 0.942. The summed E-state index contributed by atoms with van der Waals surface area (Å²) in [6.07, 6.45) is 6.17. The van der Waals surface area contributed by atoms with Crippen molar-refractivity contribution in [3.8, 4) is 23.1 Å². The van der Waals surface area contributed by atoms with Crippen LogP contribution in [0.25, 0.3) is 11.3 Å². The Kier molecular flexibility index (Phi) is 10.4. The molecule has 2 aromatic heterocycles. The van der Waals surface area contributed by atoms with E-state index in [0.29, 0.717) is 34.2 Å². The first kappa shape index (κ1) is 34.3. The number of anilines is 1. The molecule has 3 aliphatic rings. The SMILES string of the molecule is C1CCNC1.[B]C([B])(O)C([B])(O)Oc1ccccc1-c1ccc2c(n1)CN(C)CC21CCN(c2ncc(Cl)cc2C#N)CC1CC. The fourth-order valence-corrected chi connectivity index (χ4v) is 7.02. The van der Waals surface area contributed by atoms with Gasteiger partial charge in [0.15, 0.2) is 13.5 Å². The molecule has 6 rings (SSSR count). The van der Waals surface area contributed by atoms with Gasteiger partial charge in [0.25, 0.3) is 0 Å². The number of aliphatic hydroxyl groups is 2. The number of nitriles is 1. The van der Waals surface area contributed by atoms with Gasteiger partial charge in [0, 0.05) is 48.8 Å². The lowest BCUT2D eigenvalue weighted by atomic mass is 9.54. The van der Waals surface area contributed by atoms with Crippen molar-refractivity contribution in [1.29, 1.82) is 5.26 Å². The van der Waals surface area contributed by atoms with Crippen molar-refractivity contribution < 1.29 is 14.9 Å². The van der Waals surface area contributed by atoms with Crippen LogP contribution < -0.4 is 15.0 Å². The quantitative estimate of drug-likeness (QED) is 0.278. The molecule has 0 amide bonds. The molecule has 0 aliphatic carbocycles. The Morgan fingerprint density at radius 3 is 2.57 bits per heavy atom. The number of para-hydroxylation sites is 1. The Labute approximate surface area is 280 Å². The summed E-state index contributed by atoms with van der Waals surface area (Å²) in [6, 6.07) is 14.9. The molecule has 1 aromatic carbocycles. The number of pyridine rings is 2. The molecule has 5 heterocycles. The van der Waals surface area contributed by atoms with Crippen molar-refractivity contribution in [1.82, 2.24) is 20.2 Å². The molecule has 3 aromatic rings. The summed E-state index contributed by atoms with van der Waals surface area (Å²) in [5, 5.41) is 30.9. The lowest BCUT2D eigenvalue weighted by Gasteiger charge is -2.52. The number of ether oxygens (including phenoxy) is 1. The van der Waals surface area contributed by atoms with Crippen LogP contribution in [-0.4, -0.2) is 99.5 Å². The van der Waals surface area contributed by atoms with Crippen molar-refractivity contribution in [2.24, 2.45) is 5.92 Å². The van der Waals surface area contributed by atoms with Crippen molar-refractivity contribution in [2.75, 3.05) is 44.7 Å². The van der Waals surface area contributed by atoms with Crippen LogP contribution >= 0.6 is 11.6 Å². The molecule has 0 saturated carbocycles. The Hall–Kier alpha value is -3.07. The highest BCUT2D eigenvalue weighted by Gasteiger charge is 2.48. The van der Waals surface area contributed by atoms with Gasteiger partial charge in [-0.2, -0.15) is 5.26 Å². The fourth-order valence-electron chi connectivity index (χ4n) is 6.86. The van der Waals surface area contributed by atoms with Gasteiger partial charge in [-0.05, 0) is 75.1 Å². The van der Waals surface area contributed by atoms with Gasteiger partial charge in [-0.15, -0.1) is 0 Å². The predicted octanol–water partition coefficient (Wildman–Crippen LogP) is 2.83. The van der Waals surface area contributed by atoms with Crippen molar-refractivity contribution in [2.45, 2.75) is 55.7 Å². The minimum absolute atomic E-state index is 0.137. The highest BCUT2D eigenvalue weighted by molar-refractivity contribution is 6.43. The normalized spacial score (nSPS) is 22.7. The standard InChI is InChI=1S/C29H29B3ClN5O3.C4H9N/c1-3-19-15-38(26-18(13-34)12-20(33)14-35-26)11-10-27(19)17-37(2)16-24-22(27)8-9-23(36-24)21-6-4-5-7-25(21)41-29(32,40)28(30,31)39;1-2-4-5-3-1/h4-9,12,14,19,39-40H,3,10-11,15-17H2,1-2H3;5H,1-4H2. The summed E-state index contributed by atoms with van der Waals surface area (Å²) in [7, 11) is 18.6. The number of rotatable bonds is 6. The van der Waals surface area contributed by atoms with E-state index in [-0.39, 0.29) is 17.1 Å². The smallest absolute Gasteiger partial charge is 0.174 e. The Morgan fingerprint density at radius 1 is 1.17 bits per heavy atom. The van der Waals surface area contributed by atoms with E-state index in [9.17, 15) is 15.5 Å². The van der Waals surface area contributed by atoms with Gasteiger partial charge in [0.2, 0.25) is 0 Å². The molecule has 13 heteroatoms. The molecule has 3 atom stereocenters. The number of halogens is 1. The second-order valence-corrected chi connectivity index (χ2v) is 13.0. The summed E-state index contributed by atoms with van der Waals surface area (Å²) in [5.74, 6) is 1.12. The summed E-state index contributed by atoms with van der Waals surface area (Å²) < 4.78 is 5.48. The van der Waals surface area contributed by atoms with Crippen LogP contribution in [0.3, 0.4) is 0 Å². The second-order valence-electron chi connectivity index (χ2n) is 12.5. The van der Waals surface area contributed by atoms with Crippen LogP contribution in [-0.2, 0) is 12.0 Å². The number of hydrogen-bond acceptors (Lipinski definition) is 9. The zero-order valence-electron chi connectivity index (χ0n) is 26.4. The third kappa shape index (κ3) is 7.09. The van der Waals surface area contributed by atoms with Gasteiger partial charge < -0.3 is 25.2 Å². The molecule has 2 saturated heterocycles. The largest absolute Gasteiger partial charge is 0.470 e. The highest BCUT2D eigenvalue weighted by atomic mass is 35.5. The van der Waals surface area contributed by atoms with Crippen LogP contribution in [0.15, 0.2) is 48.7 Å². The third-order valence-corrected chi connectivity index (χ3v) is 9.44. The average Bonchev–Trinajstić information content (AvgIpc) is 3.61. The van der Waals surface area contributed by atoms with E-state index >= 15 is 0 Å². The maximum atomic E-state index is 10.4. The van der Waals surface area contributed by atoms with Gasteiger partial charge >= 0.3 is 0 Å². The summed E-state index contributed by atoms with van der Waals surface area (Å²) in [4.78, 5) is 14.1. The zero-order valence-corrected chi connectivity index (χ0v) is 27.2. The molecule has 6 radical (unpaired) electrons. The third-order valence-electron chi connectivity index (χ3n) is 9.24. The first-order chi connectivity index (χ1) is 21.9. The molecule has 0 bridgehead atoms. The lowest BCUT2D eigenvalue weighted by Crippen LogP contribution is -2.60. The minimum Gasteiger partial charge on any atom is -0.470 e. The Bertz CT molecular complexity index is 1570. The van der Waals surface area contributed by atoms with Gasteiger partial charge in [-0.1, -0.05) is 43.1 Å². The number of piperidine rings is 1. The van der Waals surface area contributed by atoms with Gasteiger partial charge in [-0.25, -0.2) is 4.98 Å². The summed E-state index contributed by atoms with van der Waals surface area (Å²) >= 11 is 6.10. The molecule has 3 N–H and O–H groups in total. The van der Waals surface area contributed by atoms with Gasteiger partial charge in [0.05, 0.1) is 22.0 Å². The maximum absolute atomic E-state index is 10.4. The molecular weight excluding hydrogens is 596 g/mol. The molecule has 3 unspecified atom stereocenters. The summed E-state index contributed by atoms with van der Waals surface area (Å²) in [6.45, 7) is 7.74. The highest BCUT2D eigenvalue weighted by Crippen LogP contribution is 2.47. The lowest BCUT2D eigenvalue weighted by molar-refractivity contribution is -0.130. The first-order valence-corrected chi connectivity index (χ1v) is 16.1. The molecule has 2 fully saturated rings. The monoisotopic (exact) mass is 634 g/mol. The second kappa shape index (κ2) is 14.0. The topological polar surface area (TPSA) is 118 Å². The van der Waals surface area contributed by atoms with Crippen molar-refractivity contribution >= 4 is 41.0 Å². The van der Waals surface area contributed by atoms with Gasteiger partial charge in [0.1, 0.15) is 33.3 Å². The Morgan fingerprint density at radius 2 is 1.91 bits per heavy atom. The average molecular weight is 635 g/mol. The van der Waals surface area contributed by atoms with Crippen molar-refractivity contribution in [3.63, 3.8) is 0 Å². The first-order valence-electron chi connectivity index (χ1n) is 15.7. The van der Waals surface area contributed by atoms with E-state index in [0.717, 1.165) is 38.2 Å². The maximum Gasteiger partial charge on any atom is 0.174 e. The number of fused-ring (bicyclic) bond motifs is 2. The van der Waals surface area contributed by atoms with Crippen LogP contribution in [0.2, 0.25) is 5.02 Å². The number of aromatic nitrogens is 2. The van der Waals surface area contributed by atoms with Crippen LogP contribution in [0.1, 0.15) is 49.4 Å². The van der Waals surface area contributed by atoms with E-state index in [1.807, 2.05) is 12.1 Å². The van der Waals surface area contributed by atoms with E-state index in [1.54, 1.807) is 30.5 Å². The zero-order chi connectivity index (χ0) is 33.1. The predicted molar refractivity (Wildman–Crippen MR) is 182 cm³/mol. The molecule has 46 heavy (non-hydrogen) atoms. The molecular formula is C33H38B3ClN6O3. The van der Waals surface area contributed by atoms with E-state index in [2.05, 4.69) is 46.2 Å². The number of likely N-dealkylation sites (N-methyl/N-ethyl adjacent to an activating group) is 1. The van der Waals surface area contributed by atoms with Crippen LogP contribution in [0.4, 0.5) is 5.82 Å².